The van der Waals surface area contributed by atoms with Gasteiger partial charge in [0.2, 0.25) is 0 Å². The number of hydrogen-bond donors (Lipinski definition) is 1. The number of benzene rings is 2. The lowest BCUT2D eigenvalue weighted by atomic mass is 9.80. The van der Waals surface area contributed by atoms with Crippen molar-refractivity contribution in [2.75, 3.05) is 25.1 Å². The molecule has 10 heteroatoms. The van der Waals surface area contributed by atoms with Crippen molar-refractivity contribution in [2.24, 2.45) is 10.9 Å². The van der Waals surface area contributed by atoms with Gasteiger partial charge in [0.05, 0.1) is 26.2 Å². The summed E-state index contributed by atoms with van der Waals surface area (Å²) in [7, 11) is 0. The highest BCUT2D eigenvalue weighted by molar-refractivity contribution is 6.07. The molecule has 4 rings (SSSR count). The molecular formula is C22H18F4N2O4. The van der Waals surface area contributed by atoms with E-state index in [0.29, 0.717) is 5.56 Å². The van der Waals surface area contributed by atoms with Gasteiger partial charge < -0.3 is 14.8 Å². The summed E-state index contributed by atoms with van der Waals surface area (Å²) in [5.74, 6) is -3.46. The molecule has 0 radical (unpaired) electrons. The number of nitrogens with one attached hydrogen (secondary N) is 1. The molecular weight excluding hydrogens is 432 g/mol. The third kappa shape index (κ3) is 4.22. The molecule has 2 heterocycles. The van der Waals surface area contributed by atoms with Gasteiger partial charge in [0.15, 0.2) is 11.7 Å². The molecule has 2 aliphatic heterocycles. The SMILES string of the molecule is O=C(CC1=NC2(c3cc(NC(=O)C(F)(F)F)ccc3F)COCC2CO1)c1ccccc1. The number of rotatable bonds is 5. The Morgan fingerprint density at radius 3 is 2.59 bits per heavy atom. The van der Waals surface area contributed by atoms with E-state index >= 15 is 0 Å². The van der Waals surface area contributed by atoms with E-state index < -0.39 is 29.4 Å². The van der Waals surface area contributed by atoms with Gasteiger partial charge >= 0.3 is 12.1 Å². The average molecular weight is 450 g/mol. The molecule has 168 valence electrons. The van der Waals surface area contributed by atoms with E-state index in [0.717, 1.165) is 18.2 Å². The van der Waals surface area contributed by atoms with Crippen LogP contribution in [0.25, 0.3) is 0 Å². The topological polar surface area (TPSA) is 77.0 Å². The minimum atomic E-state index is -5.09. The van der Waals surface area contributed by atoms with Crippen molar-refractivity contribution in [2.45, 2.75) is 18.1 Å². The van der Waals surface area contributed by atoms with Gasteiger partial charge in [-0.25, -0.2) is 9.38 Å². The number of carbonyl (C=O) groups excluding carboxylic acids is 2. The summed E-state index contributed by atoms with van der Waals surface area (Å²) in [5.41, 5.74) is -1.09. The second-order valence-corrected chi connectivity index (χ2v) is 7.57. The molecule has 2 aromatic carbocycles. The molecule has 32 heavy (non-hydrogen) atoms. The highest BCUT2D eigenvalue weighted by atomic mass is 19.4. The van der Waals surface area contributed by atoms with Crippen LogP contribution < -0.4 is 5.32 Å². The van der Waals surface area contributed by atoms with Crippen molar-refractivity contribution < 1.29 is 36.6 Å². The molecule has 0 spiro atoms. The van der Waals surface area contributed by atoms with Crippen molar-refractivity contribution in [1.82, 2.24) is 0 Å². The summed E-state index contributed by atoms with van der Waals surface area (Å²) in [6, 6.07) is 11.6. The van der Waals surface area contributed by atoms with Crippen LogP contribution in [0.3, 0.4) is 0 Å². The number of halogens is 4. The minimum Gasteiger partial charge on any atom is -0.480 e. The fourth-order valence-electron chi connectivity index (χ4n) is 3.82. The molecule has 0 aromatic heterocycles. The maximum atomic E-state index is 14.8. The Labute approximate surface area is 180 Å². The van der Waals surface area contributed by atoms with E-state index in [1.165, 1.54) is 0 Å². The van der Waals surface area contributed by atoms with Crippen LogP contribution in [0.1, 0.15) is 22.3 Å². The second-order valence-electron chi connectivity index (χ2n) is 7.57. The van der Waals surface area contributed by atoms with E-state index in [2.05, 4.69) is 4.99 Å². The monoisotopic (exact) mass is 450 g/mol. The van der Waals surface area contributed by atoms with Gasteiger partial charge in [0.1, 0.15) is 11.4 Å². The number of ether oxygens (including phenoxy) is 2. The summed E-state index contributed by atoms with van der Waals surface area (Å²) in [6.07, 6.45) is -5.25. The van der Waals surface area contributed by atoms with Crippen LogP contribution in [-0.2, 0) is 19.8 Å². The lowest BCUT2D eigenvalue weighted by Crippen LogP contribution is -2.42. The van der Waals surface area contributed by atoms with Crippen LogP contribution in [-0.4, -0.2) is 43.6 Å². The summed E-state index contributed by atoms with van der Waals surface area (Å²) >= 11 is 0. The van der Waals surface area contributed by atoms with Crippen molar-refractivity contribution in [3.8, 4) is 0 Å². The number of hydrogen-bond acceptors (Lipinski definition) is 5. The van der Waals surface area contributed by atoms with Gasteiger partial charge in [-0.05, 0) is 18.2 Å². The van der Waals surface area contributed by atoms with Crippen LogP contribution in [0.15, 0.2) is 53.5 Å². The molecule has 1 saturated heterocycles. The molecule has 6 nitrogen and oxygen atoms in total. The lowest BCUT2D eigenvalue weighted by Gasteiger charge is -2.35. The third-order valence-electron chi connectivity index (χ3n) is 5.45. The summed E-state index contributed by atoms with van der Waals surface area (Å²) in [6.45, 7) is 0.249. The number of carbonyl (C=O) groups is 2. The second kappa shape index (κ2) is 8.34. The van der Waals surface area contributed by atoms with Gasteiger partial charge in [-0.2, -0.15) is 13.2 Å². The van der Waals surface area contributed by atoms with Crippen molar-refractivity contribution in [3.63, 3.8) is 0 Å². The zero-order valence-electron chi connectivity index (χ0n) is 16.6. The maximum Gasteiger partial charge on any atom is 0.471 e. The molecule has 2 unspecified atom stereocenters. The largest absolute Gasteiger partial charge is 0.480 e. The Kier molecular flexibility index (Phi) is 5.72. The first kappa shape index (κ1) is 21.9. The van der Waals surface area contributed by atoms with Crippen molar-refractivity contribution in [3.05, 3.63) is 65.5 Å². The van der Waals surface area contributed by atoms with Gasteiger partial charge in [-0.15, -0.1) is 0 Å². The Morgan fingerprint density at radius 2 is 1.88 bits per heavy atom. The predicted octanol–water partition coefficient (Wildman–Crippen LogP) is 3.87. The third-order valence-corrected chi connectivity index (χ3v) is 5.45. The fraction of sp³-hybridized carbons (Fsp3) is 0.318. The molecule has 0 saturated carbocycles. The van der Waals surface area contributed by atoms with E-state index in [4.69, 9.17) is 9.47 Å². The Morgan fingerprint density at radius 1 is 1.12 bits per heavy atom. The molecule has 0 aliphatic carbocycles. The zero-order valence-corrected chi connectivity index (χ0v) is 16.6. The number of amides is 1. The number of nitrogens with zero attached hydrogens (tertiary/aromatic N) is 1. The van der Waals surface area contributed by atoms with Crippen molar-refractivity contribution in [1.29, 1.82) is 0 Å². The highest BCUT2D eigenvalue weighted by Crippen LogP contribution is 2.44. The minimum absolute atomic E-state index is 0.0343. The first-order valence-electron chi connectivity index (χ1n) is 9.75. The van der Waals surface area contributed by atoms with Crippen LogP contribution in [0.5, 0.6) is 0 Å². The maximum absolute atomic E-state index is 14.8. The van der Waals surface area contributed by atoms with E-state index in [9.17, 15) is 27.2 Å². The normalized spacial score (nSPS) is 22.5. The van der Waals surface area contributed by atoms with Gasteiger partial charge in [-0.3, -0.25) is 9.59 Å². The Balaban J connectivity index is 1.67. The highest BCUT2D eigenvalue weighted by Gasteiger charge is 2.50. The van der Waals surface area contributed by atoms with Crippen LogP contribution in [0.4, 0.5) is 23.2 Å². The van der Waals surface area contributed by atoms with Gasteiger partial charge in [0.25, 0.3) is 0 Å². The van der Waals surface area contributed by atoms with Crippen molar-refractivity contribution >= 4 is 23.3 Å². The quantitative estimate of drug-likeness (QED) is 0.554. The number of anilines is 1. The zero-order chi connectivity index (χ0) is 22.9. The molecule has 1 fully saturated rings. The summed E-state index contributed by atoms with van der Waals surface area (Å²) < 4.78 is 63.8. The van der Waals surface area contributed by atoms with Gasteiger partial charge in [0, 0.05) is 22.7 Å². The average Bonchev–Trinajstić information content (AvgIpc) is 3.19. The number of aliphatic imine (C=N–C) groups is 1. The first-order valence-corrected chi connectivity index (χ1v) is 9.75. The Hall–Kier alpha value is -3.27. The number of fused-ring (bicyclic) bond motifs is 1. The molecule has 2 aliphatic rings. The van der Waals surface area contributed by atoms with E-state index in [1.54, 1.807) is 35.6 Å². The lowest BCUT2D eigenvalue weighted by molar-refractivity contribution is -0.167. The smallest absolute Gasteiger partial charge is 0.471 e. The fourth-order valence-corrected chi connectivity index (χ4v) is 3.82. The standard InChI is InChI=1S/C22H18F4N2O4/c23-17-7-6-15(27-20(30)22(24,25)26)8-16(17)21-12-31-10-14(21)11-32-19(28-21)9-18(29)13-4-2-1-3-5-13/h1-8,14H,9-12H2,(H,27,30). The number of ketones is 1. The molecule has 1 N–H and O–H groups in total. The van der Waals surface area contributed by atoms with E-state index in [-0.39, 0.29) is 49.2 Å². The first-order chi connectivity index (χ1) is 15.2. The molecule has 2 aromatic rings. The van der Waals surface area contributed by atoms with Crippen LogP contribution in [0.2, 0.25) is 0 Å². The molecule has 0 bridgehead atoms. The molecule has 2 atom stereocenters. The Bertz CT molecular complexity index is 1070. The predicted molar refractivity (Wildman–Crippen MR) is 106 cm³/mol. The van der Waals surface area contributed by atoms with E-state index in [1.807, 2.05) is 0 Å². The number of Topliss-reactive ketones (excluding diaryl/α,β-unsaturated/α-hetero) is 1. The summed E-state index contributed by atoms with van der Waals surface area (Å²) in [4.78, 5) is 28.4. The number of alkyl halides is 3. The molecule has 1 amide bonds. The summed E-state index contributed by atoms with van der Waals surface area (Å²) in [5, 5.41) is 1.72. The van der Waals surface area contributed by atoms with Crippen LogP contribution >= 0.6 is 0 Å². The van der Waals surface area contributed by atoms with Crippen LogP contribution in [0, 0.1) is 11.7 Å². The van der Waals surface area contributed by atoms with Gasteiger partial charge in [-0.1, -0.05) is 30.3 Å².